The Morgan fingerprint density at radius 2 is 2.00 bits per heavy atom. The van der Waals surface area contributed by atoms with Crippen molar-refractivity contribution in [1.82, 2.24) is 0 Å². The highest BCUT2D eigenvalue weighted by molar-refractivity contribution is 5.71. The molecule has 0 heterocycles. The van der Waals surface area contributed by atoms with Crippen LogP contribution in [0.15, 0.2) is 18.2 Å². The highest BCUT2D eigenvalue weighted by Crippen LogP contribution is 2.12. The van der Waals surface area contributed by atoms with Crippen LogP contribution in [-0.2, 0) is 11.2 Å². The van der Waals surface area contributed by atoms with Crippen LogP contribution in [0.1, 0.15) is 23.1 Å². The van der Waals surface area contributed by atoms with Crippen molar-refractivity contribution in [3.63, 3.8) is 0 Å². The van der Waals surface area contributed by atoms with Crippen LogP contribution in [0.3, 0.4) is 0 Å². The van der Waals surface area contributed by atoms with Crippen molar-refractivity contribution in [2.75, 3.05) is 0 Å². The smallest absolute Gasteiger partial charge is 0.332 e. The van der Waals surface area contributed by atoms with Gasteiger partial charge in [-0.3, -0.25) is 0 Å². The molecule has 82 valence electrons. The number of hydrogen-bond donors (Lipinski definition) is 2. The average Bonchev–Trinajstić information content (AvgIpc) is 2.19. The SMILES string of the molecule is Cc1ccc(CCC(O)C(=O)O)cc1C. The summed E-state index contributed by atoms with van der Waals surface area (Å²) in [5, 5.41) is 17.6. The minimum atomic E-state index is -1.26. The number of aliphatic hydroxyl groups is 1. The number of carboxylic acids is 1. The summed E-state index contributed by atoms with van der Waals surface area (Å²) in [5.41, 5.74) is 3.48. The van der Waals surface area contributed by atoms with Crippen molar-refractivity contribution in [3.05, 3.63) is 34.9 Å². The molecule has 15 heavy (non-hydrogen) atoms. The first-order valence-corrected chi connectivity index (χ1v) is 4.97. The van der Waals surface area contributed by atoms with Crippen LogP contribution in [0, 0.1) is 13.8 Å². The molecule has 1 aromatic rings. The average molecular weight is 208 g/mol. The summed E-state index contributed by atoms with van der Waals surface area (Å²) in [6.07, 6.45) is -0.404. The van der Waals surface area contributed by atoms with Crippen molar-refractivity contribution in [1.29, 1.82) is 0 Å². The summed E-state index contributed by atoms with van der Waals surface area (Å²) in [7, 11) is 0. The predicted molar refractivity (Wildman–Crippen MR) is 57.9 cm³/mol. The third-order valence-electron chi connectivity index (χ3n) is 2.56. The molecule has 0 bridgehead atoms. The fourth-order valence-corrected chi connectivity index (χ4v) is 1.39. The molecule has 0 aliphatic heterocycles. The molecule has 0 amide bonds. The Morgan fingerprint density at radius 1 is 1.33 bits per heavy atom. The zero-order valence-electron chi connectivity index (χ0n) is 9.03. The molecule has 0 fully saturated rings. The molecule has 0 spiro atoms. The monoisotopic (exact) mass is 208 g/mol. The Labute approximate surface area is 89.4 Å². The summed E-state index contributed by atoms with van der Waals surface area (Å²) in [6.45, 7) is 4.05. The van der Waals surface area contributed by atoms with Crippen LogP contribution >= 0.6 is 0 Å². The molecule has 0 saturated heterocycles. The number of hydrogen-bond acceptors (Lipinski definition) is 2. The van der Waals surface area contributed by atoms with Crippen molar-refractivity contribution < 1.29 is 15.0 Å². The molecule has 0 aromatic heterocycles. The largest absolute Gasteiger partial charge is 0.479 e. The summed E-state index contributed by atoms with van der Waals surface area (Å²) in [6, 6.07) is 6.01. The van der Waals surface area contributed by atoms with E-state index >= 15 is 0 Å². The lowest BCUT2D eigenvalue weighted by molar-refractivity contribution is -0.146. The van der Waals surface area contributed by atoms with Crippen LogP contribution in [0.4, 0.5) is 0 Å². The molecule has 2 N–H and O–H groups in total. The van der Waals surface area contributed by atoms with E-state index in [4.69, 9.17) is 10.2 Å². The molecule has 1 atom stereocenters. The number of carbonyl (C=O) groups is 1. The lowest BCUT2D eigenvalue weighted by Gasteiger charge is -2.07. The normalized spacial score (nSPS) is 12.5. The van der Waals surface area contributed by atoms with Crippen molar-refractivity contribution in [2.45, 2.75) is 32.8 Å². The number of rotatable bonds is 4. The van der Waals surface area contributed by atoms with Crippen molar-refractivity contribution >= 4 is 5.97 Å². The summed E-state index contributed by atoms with van der Waals surface area (Å²) >= 11 is 0. The molecule has 0 aliphatic rings. The second kappa shape index (κ2) is 4.94. The molecule has 1 aromatic carbocycles. The van der Waals surface area contributed by atoms with E-state index < -0.39 is 12.1 Å². The van der Waals surface area contributed by atoms with Gasteiger partial charge in [0.25, 0.3) is 0 Å². The third kappa shape index (κ3) is 3.36. The van der Waals surface area contributed by atoms with Gasteiger partial charge in [-0.15, -0.1) is 0 Å². The number of aliphatic carboxylic acids is 1. The summed E-state index contributed by atoms with van der Waals surface area (Å²) in [5.74, 6) is -1.15. The van der Waals surface area contributed by atoms with Gasteiger partial charge in [0.15, 0.2) is 6.10 Å². The van der Waals surface area contributed by atoms with E-state index in [2.05, 4.69) is 0 Å². The molecule has 0 aliphatic carbocycles. The molecular weight excluding hydrogens is 192 g/mol. The topological polar surface area (TPSA) is 57.5 Å². The van der Waals surface area contributed by atoms with Gasteiger partial charge in [-0.05, 0) is 43.4 Å². The van der Waals surface area contributed by atoms with Crippen LogP contribution in [-0.4, -0.2) is 22.3 Å². The number of benzene rings is 1. The van der Waals surface area contributed by atoms with Gasteiger partial charge in [0.05, 0.1) is 0 Å². The van der Waals surface area contributed by atoms with Gasteiger partial charge in [-0.25, -0.2) is 4.79 Å². The van der Waals surface area contributed by atoms with E-state index in [0.717, 1.165) is 5.56 Å². The van der Waals surface area contributed by atoms with Crippen LogP contribution in [0.5, 0.6) is 0 Å². The minimum absolute atomic E-state index is 0.262. The number of aliphatic hydroxyl groups excluding tert-OH is 1. The molecule has 0 radical (unpaired) electrons. The fourth-order valence-electron chi connectivity index (χ4n) is 1.39. The Bertz CT molecular complexity index is 358. The molecule has 0 saturated carbocycles. The molecule has 3 heteroatoms. The van der Waals surface area contributed by atoms with Gasteiger partial charge in [-0.2, -0.15) is 0 Å². The molecular formula is C12H16O3. The maximum Gasteiger partial charge on any atom is 0.332 e. The van der Waals surface area contributed by atoms with Crippen LogP contribution in [0.25, 0.3) is 0 Å². The lowest BCUT2D eigenvalue weighted by Crippen LogP contribution is -2.19. The van der Waals surface area contributed by atoms with Gasteiger partial charge in [0.1, 0.15) is 0 Å². The van der Waals surface area contributed by atoms with E-state index in [1.165, 1.54) is 11.1 Å². The van der Waals surface area contributed by atoms with E-state index in [1.807, 2.05) is 32.0 Å². The predicted octanol–water partition coefficient (Wildman–Crippen LogP) is 1.68. The molecule has 3 nitrogen and oxygen atoms in total. The van der Waals surface area contributed by atoms with Gasteiger partial charge in [-0.1, -0.05) is 18.2 Å². The van der Waals surface area contributed by atoms with Crippen molar-refractivity contribution in [3.8, 4) is 0 Å². The second-order valence-corrected chi connectivity index (χ2v) is 3.81. The Morgan fingerprint density at radius 3 is 2.53 bits per heavy atom. The Hall–Kier alpha value is -1.35. The van der Waals surface area contributed by atoms with Crippen LogP contribution in [0.2, 0.25) is 0 Å². The first kappa shape index (κ1) is 11.7. The maximum atomic E-state index is 10.4. The first-order valence-electron chi connectivity index (χ1n) is 4.97. The second-order valence-electron chi connectivity index (χ2n) is 3.81. The number of aryl methyl sites for hydroxylation is 3. The lowest BCUT2D eigenvalue weighted by atomic mass is 10.0. The highest BCUT2D eigenvalue weighted by Gasteiger charge is 2.12. The zero-order chi connectivity index (χ0) is 11.4. The zero-order valence-corrected chi connectivity index (χ0v) is 9.03. The van der Waals surface area contributed by atoms with Gasteiger partial charge in [0, 0.05) is 0 Å². The minimum Gasteiger partial charge on any atom is -0.479 e. The first-order chi connectivity index (χ1) is 7.00. The molecule has 1 unspecified atom stereocenters. The molecule has 1 rings (SSSR count). The van der Waals surface area contributed by atoms with E-state index in [0.29, 0.717) is 6.42 Å². The standard InChI is InChI=1S/C12H16O3/c1-8-3-4-10(7-9(8)2)5-6-11(13)12(14)15/h3-4,7,11,13H,5-6H2,1-2H3,(H,14,15). The van der Waals surface area contributed by atoms with Gasteiger partial charge in [0.2, 0.25) is 0 Å². The van der Waals surface area contributed by atoms with Crippen molar-refractivity contribution in [2.24, 2.45) is 0 Å². The number of carboxylic acid groups (broad SMARTS) is 1. The van der Waals surface area contributed by atoms with Crippen LogP contribution < -0.4 is 0 Å². The maximum absolute atomic E-state index is 10.4. The van der Waals surface area contributed by atoms with Gasteiger partial charge < -0.3 is 10.2 Å². The quantitative estimate of drug-likeness (QED) is 0.791. The summed E-state index contributed by atoms with van der Waals surface area (Å²) < 4.78 is 0. The van der Waals surface area contributed by atoms with Gasteiger partial charge >= 0.3 is 5.97 Å². The fraction of sp³-hybridized carbons (Fsp3) is 0.417. The Balaban J connectivity index is 2.58. The van der Waals surface area contributed by atoms with E-state index in [9.17, 15) is 4.79 Å². The summed E-state index contributed by atoms with van der Waals surface area (Å²) in [4.78, 5) is 10.4. The van der Waals surface area contributed by atoms with E-state index in [1.54, 1.807) is 0 Å². The third-order valence-corrected chi connectivity index (χ3v) is 2.56. The van der Waals surface area contributed by atoms with E-state index in [-0.39, 0.29) is 6.42 Å². The Kier molecular flexibility index (Phi) is 3.86. The highest BCUT2D eigenvalue weighted by atomic mass is 16.4.